The third-order valence-corrected chi connectivity index (χ3v) is 3.05. The predicted octanol–water partition coefficient (Wildman–Crippen LogP) is 3.70. The van der Waals surface area contributed by atoms with Crippen LogP contribution in [-0.2, 0) is 0 Å². The number of nitrogens with one attached hydrogen (secondary N) is 1. The van der Waals surface area contributed by atoms with Crippen LogP contribution in [0, 0.1) is 11.7 Å². The molecule has 2 nitrogen and oxygen atoms in total. The first-order valence-electron chi connectivity index (χ1n) is 6.51. The maximum absolute atomic E-state index is 13.7. The molecule has 1 aromatic heterocycles. The van der Waals surface area contributed by atoms with Gasteiger partial charge in [0.25, 0.3) is 0 Å². The molecule has 0 aromatic carbocycles. The van der Waals surface area contributed by atoms with Gasteiger partial charge in [-0.15, -0.1) is 0 Å². The van der Waals surface area contributed by atoms with Crippen molar-refractivity contribution in [2.75, 3.05) is 6.54 Å². The van der Waals surface area contributed by atoms with Crippen LogP contribution in [0.4, 0.5) is 4.39 Å². The fourth-order valence-corrected chi connectivity index (χ4v) is 2.25. The van der Waals surface area contributed by atoms with Gasteiger partial charge in [-0.3, -0.25) is 4.98 Å². The zero-order valence-corrected chi connectivity index (χ0v) is 11.0. The van der Waals surface area contributed by atoms with Gasteiger partial charge in [-0.1, -0.05) is 33.6 Å². The standard InChI is InChI=1S/C14H23FN2/c1-4-6-11(3)9-14(17-5-2)12-7-8-16-10-13(12)15/h7-8,10-11,14,17H,4-6,9H2,1-3H3. The van der Waals surface area contributed by atoms with Gasteiger partial charge in [-0.2, -0.15) is 0 Å². The fraction of sp³-hybridized carbons (Fsp3) is 0.643. The molecule has 17 heavy (non-hydrogen) atoms. The first-order chi connectivity index (χ1) is 8.19. The molecule has 1 aromatic rings. The highest BCUT2D eigenvalue weighted by atomic mass is 19.1. The molecule has 0 aliphatic heterocycles. The van der Waals surface area contributed by atoms with Crippen molar-refractivity contribution in [1.82, 2.24) is 10.3 Å². The summed E-state index contributed by atoms with van der Waals surface area (Å²) in [5, 5.41) is 3.36. The van der Waals surface area contributed by atoms with Crippen molar-refractivity contribution >= 4 is 0 Å². The summed E-state index contributed by atoms with van der Waals surface area (Å²) in [6, 6.07) is 1.88. The van der Waals surface area contributed by atoms with E-state index in [2.05, 4.69) is 31.1 Å². The van der Waals surface area contributed by atoms with Gasteiger partial charge in [0.15, 0.2) is 0 Å². The van der Waals surface area contributed by atoms with Gasteiger partial charge in [-0.25, -0.2) is 4.39 Å². The molecule has 2 unspecified atom stereocenters. The van der Waals surface area contributed by atoms with Crippen LogP contribution in [0.5, 0.6) is 0 Å². The molecule has 0 bridgehead atoms. The van der Waals surface area contributed by atoms with Gasteiger partial charge < -0.3 is 5.32 Å². The van der Waals surface area contributed by atoms with Gasteiger partial charge >= 0.3 is 0 Å². The topological polar surface area (TPSA) is 24.9 Å². The lowest BCUT2D eigenvalue weighted by Crippen LogP contribution is -2.24. The van der Waals surface area contributed by atoms with Crippen molar-refractivity contribution in [1.29, 1.82) is 0 Å². The number of pyridine rings is 1. The molecular formula is C14H23FN2. The van der Waals surface area contributed by atoms with Crippen molar-refractivity contribution in [3.05, 3.63) is 29.8 Å². The summed E-state index contributed by atoms with van der Waals surface area (Å²) < 4.78 is 13.7. The first kappa shape index (κ1) is 14.1. The van der Waals surface area contributed by atoms with Gasteiger partial charge in [0, 0.05) is 17.8 Å². The van der Waals surface area contributed by atoms with Crippen molar-refractivity contribution in [3.8, 4) is 0 Å². The van der Waals surface area contributed by atoms with Crippen LogP contribution in [0.25, 0.3) is 0 Å². The number of nitrogens with zero attached hydrogens (tertiary/aromatic N) is 1. The summed E-state index contributed by atoms with van der Waals surface area (Å²) in [6.07, 6.45) is 6.30. The van der Waals surface area contributed by atoms with Crippen LogP contribution in [-0.4, -0.2) is 11.5 Å². The van der Waals surface area contributed by atoms with Gasteiger partial charge in [0.2, 0.25) is 0 Å². The zero-order valence-electron chi connectivity index (χ0n) is 11.0. The lowest BCUT2D eigenvalue weighted by Gasteiger charge is -2.22. The summed E-state index contributed by atoms with van der Waals surface area (Å²) in [6.45, 7) is 7.32. The van der Waals surface area contributed by atoms with E-state index in [4.69, 9.17) is 0 Å². The highest BCUT2D eigenvalue weighted by Gasteiger charge is 2.17. The Morgan fingerprint density at radius 3 is 2.76 bits per heavy atom. The predicted molar refractivity (Wildman–Crippen MR) is 69.3 cm³/mol. The fourth-order valence-electron chi connectivity index (χ4n) is 2.25. The van der Waals surface area contributed by atoms with E-state index in [0.29, 0.717) is 5.92 Å². The van der Waals surface area contributed by atoms with Crippen LogP contribution in [0.1, 0.15) is 51.6 Å². The molecule has 3 heteroatoms. The highest BCUT2D eigenvalue weighted by Crippen LogP contribution is 2.25. The van der Waals surface area contributed by atoms with E-state index in [9.17, 15) is 4.39 Å². The Bertz CT molecular complexity index is 328. The number of hydrogen-bond acceptors (Lipinski definition) is 2. The largest absolute Gasteiger partial charge is 0.310 e. The minimum atomic E-state index is -0.206. The van der Waals surface area contributed by atoms with Gasteiger partial charge in [0.05, 0.1) is 6.20 Å². The molecule has 96 valence electrons. The summed E-state index contributed by atoms with van der Waals surface area (Å²) >= 11 is 0. The average Bonchev–Trinajstić information content (AvgIpc) is 2.29. The normalized spacial score (nSPS) is 14.6. The Labute approximate surface area is 104 Å². The van der Waals surface area contributed by atoms with Crippen LogP contribution in [0.15, 0.2) is 18.5 Å². The van der Waals surface area contributed by atoms with E-state index in [0.717, 1.165) is 18.5 Å². The van der Waals surface area contributed by atoms with Crippen LogP contribution in [0.3, 0.4) is 0 Å². The summed E-state index contributed by atoms with van der Waals surface area (Å²) in [5.74, 6) is 0.402. The maximum atomic E-state index is 13.7. The molecule has 0 aliphatic carbocycles. The highest BCUT2D eigenvalue weighted by molar-refractivity contribution is 5.17. The molecule has 1 N–H and O–H groups in total. The average molecular weight is 238 g/mol. The monoisotopic (exact) mass is 238 g/mol. The van der Waals surface area contributed by atoms with Crippen molar-refractivity contribution in [3.63, 3.8) is 0 Å². The summed E-state index contributed by atoms with van der Waals surface area (Å²) in [5.41, 5.74) is 0.741. The molecule has 0 saturated carbocycles. The molecule has 0 saturated heterocycles. The summed E-state index contributed by atoms with van der Waals surface area (Å²) in [7, 11) is 0. The first-order valence-corrected chi connectivity index (χ1v) is 6.51. The number of hydrogen-bond donors (Lipinski definition) is 1. The Hall–Kier alpha value is -0.960. The van der Waals surface area contributed by atoms with Crippen LogP contribution in [0.2, 0.25) is 0 Å². The van der Waals surface area contributed by atoms with Crippen molar-refractivity contribution < 1.29 is 4.39 Å². The molecule has 0 fully saturated rings. The molecule has 0 radical (unpaired) electrons. The molecule has 0 spiro atoms. The lowest BCUT2D eigenvalue weighted by atomic mass is 9.93. The van der Waals surface area contributed by atoms with Crippen molar-refractivity contribution in [2.45, 2.75) is 46.1 Å². The summed E-state index contributed by atoms with van der Waals surface area (Å²) in [4.78, 5) is 3.80. The third-order valence-electron chi connectivity index (χ3n) is 3.05. The number of rotatable bonds is 7. The Kier molecular flexibility index (Phi) is 6.12. The number of halogens is 1. The molecule has 2 atom stereocenters. The molecule has 1 rings (SSSR count). The lowest BCUT2D eigenvalue weighted by molar-refractivity contribution is 0.385. The van der Waals surface area contributed by atoms with Crippen molar-refractivity contribution in [2.24, 2.45) is 5.92 Å². The van der Waals surface area contributed by atoms with Crippen LogP contribution >= 0.6 is 0 Å². The van der Waals surface area contributed by atoms with E-state index >= 15 is 0 Å². The minimum Gasteiger partial charge on any atom is -0.310 e. The molecular weight excluding hydrogens is 215 g/mol. The van der Waals surface area contributed by atoms with E-state index in [1.807, 2.05) is 0 Å². The Morgan fingerprint density at radius 2 is 2.18 bits per heavy atom. The molecule has 0 amide bonds. The second kappa shape index (κ2) is 7.38. The quantitative estimate of drug-likeness (QED) is 0.783. The van der Waals surface area contributed by atoms with Crippen LogP contribution < -0.4 is 5.32 Å². The zero-order chi connectivity index (χ0) is 12.7. The Balaban J connectivity index is 2.75. The second-order valence-corrected chi connectivity index (χ2v) is 4.64. The second-order valence-electron chi connectivity index (χ2n) is 4.64. The number of aromatic nitrogens is 1. The van der Waals surface area contributed by atoms with E-state index in [1.165, 1.54) is 19.0 Å². The molecule has 1 heterocycles. The van der Waals surface area contributed by atoms with E-state index < -0.39 is 0 Å². The van der Waals surface area contributed by atoms with E-state index in [1.54, 1.807) is 12.3 Å². The smallest absolute Gasteiger partial charge is 0.146 e. The SMILES string of the molecule is CCCC(C)CC(NCC)c1ccncc1F. The van der Waals surface area contributed by atoms with Gasteiger partial charge in [0.1, 0.15) is 5.82 Å². The molecule has 0 aliphatic rings. The minimum absolute atomic E-state index is 0.101. The van der Waals surface area contributed by atoms with Gasteiger partial charge in [-0.05, 0) is 24.9 Å². The maximum Gasteiger partial charge on any atom is 0.146 e. The Morgan fingerprint density at radius 1 is 1.41 bits per heavy atom. The third kappa shape index (κ3) is 4.43. The van der Waals surface area contributed by atoms with E-state index in [-0.39, 0.29) is 11.9 Å².